The van der Waals surface area contributed by atoms with Gasteiger partial charge in [0.25, 0.3) is 0 Å². The van der Waals surface area contributed by atoms with Crippen molar-refractivity contribution < 1.29 is 14.3 Å². The molecule has 0 aromatic heterocycles. The third-order valence-corrected chi connectivity index (χ3v) is 3.46. The molecule has 1 heterocycles. The average molecular weight is 264 g/mol. The van der Waals surface area contributed by atoms with Gasteiger partial charge in [-0.3, -0.25) is 4.79 Å². The van der Waals surface area contributed by atoms with Gasteiger partial charge >= 0.3 is 0 Å². The van der Waals surface area contributed by atoms with Gasteiger partial charge in [0.05, 0.1) is 14.2 Å². The van der Waals surface area contributed by atoms with E-state index in [9.17, 15) is 4.79 Å². The molecule has 5 nitrogen and oxygen atoms in total. The Morgan fingerprint density at radius 3 is 2.63 bits per heavy atom. The number of methoxy groups -OCH3 is 2. The monoisotopic (exact) mass is 264 g/mol. The van der Waals surface area contributed by atoms with Crippen LogP contribution < -0.4 is 20.5 Å². The van der Waals surface area contributed by atoms with Crippen LogP contribution in [-0.4, -0.2) is 26.7 Å². The van der Waals surface area contributed by atoms with Gasteiger partial charge in [-0.2, -0.15) is 0 Å². The summed E-state index contributed by atoms with van der Waals surface area (Å²) < 4.78 is 10.5. The van der Waals surface area contributed by atoms with E-state index in [0.717, 1.165) is 30.5 Å². The first-order valence-corrected chi connectivity index (χ1v) is 6.45. The third-order valence-electron chi connectivity index (χ3n) is 3.46. The van der Waals surface area contributed by atoms with Gasteiger partial charge in [0.1, 0.15) is 0 Å². The topological polar surface area (TPSA) is 73.6 Å². The lowest BCUT2D eigenvalue weighted by molar-refractivity contribution is -0.120. The molecule has 0 spiro atoms. The molecule has 1 unspecified atom stereocenters. The number of carbonyl (C=O) groups excluding carboxylic acids is 1. The molecule has 1 aliphatic rings. The van der Waals surface area contributed by atoms with E-state index in [1.165, 1.54) is 0 Å². The molecule has 1 aromatic carbocycles. The second-order valence-corrected chi connectivity index (χ2v) is 4.69. The van der Waals surface area contributed by atoms with Crippen LogP contribution in [0.25, 0.3) is 0 Å². The quantitative estimate of drug-likeness (QED) is 0.846. The van der Waals surface area contributed by atoms with Crippen molar-refractivity contribution in [2.45, 2.75) is 19.3 Å². The molecule has 1 aliphatic heterocycles. The van der Waals surface area contributed by atoms with Crippen LogP contribution in [0.15, 0.2) is 12.1 Å². The summed E-state index contributed by atoms with van der Waals surface area (Å²) in [5.41, 5.74) is 7.40. The van der Waals surface area contributed by atoms with E-state index >= 15 is 0 Å². The third kappa shape index (κ3) is 2.81. The molecule has 1 amide bonds. The predicted octanol–water partition coefficient (Wildman–Crippen LogP) is 1.55. The van der Waals surface area contributed by atoms with E-state index in [4.69, 9.17) is 15.2 Å². The molecule has 1 atom stereocenters. The summed E-state index contributed by atoms with van der Waals surface area (Å²) in [5, 5.41) is 2.93. The van der Waals surface area contributed by atoms with Crippen molar-refractivity contribution in [1.82, 2.24) is 0 Å². The molecule has 0 radical (unpaired) electrons. The Labute approximate surface area is 113 Å². The number of rotatable bonds is 5. The molecule has 0 saturated carbocycles. The first-order chi connectivity index (χ1) is 9.19. The highest BCUT2D eigenvalue weighted by Crippen LogP contribution is 2.37. The van der Waals surface area contributed by atoms with Crippen molar-refractivity contribution in [1.29, 1.82) is 0 Å². The molecule has 0 saturated heterocycles. The van der Waals surface area contributed by atoms with E-state index in [-0.39, 0.29) is 11.8 Å². The first kappa shape index (κ1) is 13.7. The zero-order chi connectivity index (χ0) is 13.8. The fraction of sp³-hybridized carbons (Fsp3) is 0.500. The molecular formula is C14H20N2O3. The van der Waals surface area contributed by atoms with Gasteiger partial charge in [-0.15, -0.1) is 0 Å². The molecule has 0 aliphatic carbocycles. The van der Waals surface area contributed by atoms with Crippen LogP contribution in [0.3, 0.4) is 0 Å². The van der Waals surface area contributed by atoms with Crippen LogP contribution in [0.5, 0.6) is 11.5 Å². The number of carbonyl (C=O) groups is 1. The van der Waals surface area contributed by atoms with E-state index in [1.807, 2.05) is 12.1 Å². The summed E-state index contributed by atoms with van der Waals surface area (Å²) in [6.07, 6.45) is 2.40. The smallest absolute Gasteiger partial charge is 0.227 e. The molecule has 5 heteroatoms. The van der Waals surface area contributed by atoms with Crippen molar-refractivity contribution in [2.75, 3.05) is 26.1 Å². The maximum absolute atomic E-state index is 12.0. The minimum Gasteiger partial charge on any atom is -0.493 e. The Bertz CT molecular complexity index is 474. The zero-order valence-electron chi connectivity index (χ0n) is 11.4. The van der Waals surface area contributed by atoms with Crippen molar-refractivity contribution >= 4 is 11.6 Å². The molecule has 1 aromatic rings. The molecule has 2 rings (SSSR count). The fourth-order valence-corrected chi connectivity index (χ4v) is 2.40. The van der Waals surface area contributed by atoms with Crippen LogP contribution >= 0.6 is 0 Å². The maximum Gasteiger partial charge on any atom is 0.227 e. The Hall–Kier alpha value is -1.75. The molecule has 104 valence electrons. The highest BCUT2D eigenvalue weighted by Gasteiger charge is 2.27. The molecule has 0 bridgehead atoms. The number of fused-ring (bicyclic) bond motifs is 1. The van der Waals surface area contributed by atoms with Gasteiger partial charge in [-0.1, -0.05) is 0 Å². The van der Waals surface area contributed by atoms with Gasteiger partial charge in [-0.25, -0.2) is 0 Å². The SMILES string of the molecule is COc1cc2c(cc1OC)NC(=O)C(CCCN)C2. The molecular weight excluding hydrogens is 244 g/mol. The lowest BCUT2D eigenvalue weighted by atomic mass is 9.89. The van der Waals surface area contributed by atoms with Crippen molar-refractivity contribution in [3.8, 4) is 11.5 Å². The average Bonchev–Trinajstić information content (AvgIpc) is 2.43. The summed E-state index contributed by atoms with van der Waals surface area (Å²) in [4.78, 5) is 12.0. The van der Waals surface area contributed by atoms with Gasteiger partial charge in [0.2, 0.25) is 5.91 Å². The second-order valence-electron chi connectivity index (χ2n) is 4.69. The number of hydrogen-bond acceptors (Lipinski definition) is 4. The second kappa shape index (κ2) is 5.93. The number of anilines is 1. The van der Waals surface area contributed by atoms with E-state index in [2.05, 4.69) is 5.32 Å². The maximum atomic E-state index is 12.0. The van der Waals surface area contributed by atoms with E-state index < -0.39 is 0 Å². The van der Waals surface area contributed by atoms with Gasteiger partial charge in [0, 0.05) is 17.7 Å². The fourth-order valence-electron chi connectivity index (χ4n) is 2.40. The number of nitrogens with one attached hydrogen (secondary N) is 1. The first-order valence-electron chi connectivity index (χ1n) is 6.45. The molecule has 19 heavy (non-hydrogen) atoms. The summed E-state index contributed by atoms with van der Waals surface area (Å²) in [7, 11) is 3.19. The lowest BCUT2D eigenvalue weighted by Crippen LogP contribution is -2.30. The van der Waals surface area contributed by atoms with Crippen LogP contribution in [-0.2, 0) is 11.2 Å². The van der Waals surface area contributed by atoms with Crippen LogP contribution in [0.4, 0.5) is 5.69 Å². The Kier molecular flexibility index (Phi) is 4.27. The van der Waals surface area contributed by atoms with Crippen molar-refractivity contribution in [3.63, 3.8) is 0 Å². The Balaban J connectivity index is 2.26. The van der Waals surface area contributed by atoms with Crippen LogP contribution in [0, 0.1) is 5.92 Å². The van der Waals surface area contributed by atoms with Gasteiger partial charge in [-0.05, 0) is 37.4 Å². The summed E-state index contributed by atoms with van der Waals surface area (Å²) >= 11 is 0. The number of amides is 1. The Morgan fingerprint density at radius 1 is 1.32 bits per heavy atom. The zero-order valence-corrected chi connectivity index (χ0v) is 11.4. The van der Waals surface area contributed by atoms with Crippen LogP contribution in [0.1, 0.15) is 18.4 Å². The lowest BCUT2D eigenvalue weighted by Gasteiger charge is -2.25. The van der Waals surface area contributed by atoms with Crippen molar-refractivity contribution in [2.24, 2.45) is 11.7 Å². The standard InChI is InChI=1S/C14H20N2O3/c1-18-12-7-10-6-9(4-3-5-15)14(17)16-11(10)8-13(12)19-2/h7-9H,3-6,15H2,1-2H3,(H,16,17). The normalized spacial score (nSPS) is 17.6. The minimum absolute atomic E-state index is 0.00542. The number of benzene rings is 1. The summed E-state index contributed by atoms with van der Waals surface area (Å²) in [5.74, 6) is 1.37. The minimum atomic E-state index is -0.00542. The highest BCUT2D eigenvalue weighted by atomic mass is 16.5. The number of nitrogens with two attached hydrogens (primary N) is 1. The van der Waals surface area contributed by atoms with Crippen LogP contribution in [0.2, 0.25) is 0 Å². The largest absolute Gasteiger partial charge is 0.493 e. The Morgan fingerprint density at radius 2 is 2.00 bits per heavy atom. The van der Waals surface area contributed by atoms with E-state index in [1.54, 1.807) is 14.2 Å². The molecule has 3 N–H and O–H groups in total. The predicted molar refractivity (Wildman–Crippen MR) is 73.7 cm³/mol. The van der Waals surface area contributed by atoms with Crippen molar-refractivity contribution in [3.05, 3.63) is 17.7 Å². The number of ether oxygens (including phenoxy) is 2. The van der Waals surface area contributed by atoms with Gasteiger partial charge in [0.15, 0.2) is 11.5 Å². The molecule has 0 fully saturated rings. The number of hydrogen-bond donors (Lipinski definition) is 2. The van der Waals surface area contributed by atoms with E-state index in [0.29, 0.717) is 18.0 Å². The summed E-state index contributed by atoms with van der Waals surface area (Å²) in [6.45, 7) is 0.614. The van der Waals surface area contributed by atoms with Gasteiger partial charge < -0.3 is 20.5 Å². The summed E-state index contributed by atoms with van der Waals surface area (Å²) in [6, 6.07) is 3.74. The highest BCUT2D eigenvalue weighted by molar-refractivity contribution is 5.96.